The second-order valence-electron chi connectivity index (χ2n) is 4.73. The van der Waals surface area contributed by atoms with Gasteiger partial charge in [-0.25, -0.2) is 0 Å². The Morgan fingerprint density at radius 1 is 1.38 bits per heavy atom. The molecule has 16 heavy (non-hydrogen) atoms. The summed E-state index contributed by atoms with van der Waals surface area (Å²) >= 11 is 3.52. The van der Waals surface area contributed by atoms with Crippen molar-refractivity contribution in [3.05, 3.63) is 34.3 Å². The largest absolute Gasteiger partial charge is 0.316 e. The van der Waals surface area contributed by atoms with Crippen molar-refractivity contribution < 1.29 is 0 Å². The fraction of sp³-hybridized carbons (Fsp3) is 0.571. The highest BCUT2D eigenvalue weighted by Crippen LogP contribution is 2.19. The molecule has 2 heteroatoms. The van der Waals surface area contributed by atoms with E-state index < -0.39 is 0 Å². The van der Waals surface area contributed by atoms with Gasteiger partial charge in [-0.3, -0.25) is 0 Å². The third kappa shape index (κ3) is 3.91. The van der Waals surface area contributed by atoms with Gasteiger partial charge in [0.2, 0.25) is 0 Å². The first-order valence-corrected chi connectivity index (χ1v) is 7.09. The second kappa shape index (κ2) is 6.41. The number of rotatable bonds is 4. The zero-order valence-corrected chi connectivity index (χ0v) is 11.3. The summed E-state index contributed by atoms with van der Waals surface area (Å²) in [5, 5.41) is 3.49. The lowest BCUT2D eigenvalue weighted by Crippen LogP contribution is -2.29. The number of benzene rings is 1. The SMILES string of the molecule is Brc1cccc(CCCC2CCCNC2)c1. The number of hydrogen-bond acceptors (Lipinski definition) is 1. The first kappa shape index (κ1) is 12.1. The molecular weight excluding hydrogens is 262 g/mol. The first-order chi connectivity index (χ1) is 7.84. The molecule has 0 bridgehead atoms. The van der Waals surface area contributed by atoms with Crippen molar-refractivity contribution in [3.8, 4) is 0 Å². The Bertz CT molecular complexity index is 318. The van der Waals surface area contributed by atoms with Crippen molar-refractivity contribution in [3.63, 3.8) is 0 Å². The Morgan fingerprint density at radius 3 is 3.06 bits per heavy atom. The average molecular weight is 282 g/mol. The molecule has 1 aromatic rings. The zero-order chi connectivity index (χ0) is 11.2. The van der Waals surface area contributed by atoms with Gasteiger partial charge in [0.15, 0.2) is 0 Å². The maximum absolute atomic E-state index is 3.52. The predicted molar refractivity (Wildman–Crippen MR) is 72.7 cm³/mol. The fourth-order valence-electron chi connectivity index (χ4n) is 2.46. The zero-order valence-electron chi connectivity index (χ0n) is 9.71. The summed E-state index contributed by atoms with van der Waals surface area (Å²) in [5.41, 5.74) is 1.46. The molecule has 1 N–H and O–H groups in total. The van der Waals surface area contributed by atoms with Gasteiger partial charge in [-0.15, -0.1) is 0 Å². The van der Waals surface area contributed by atoms with Crippen LogP contribution < -0.4 is 5.32 Å². The van der Waals surface area contributed by atoms with Gasteiger partial charge < -0.3 is 5.32 Å². The molecule has 1 heterocycles. The van der Waals surface area contributed by atoms with E-state index in [0.717, 1.165) is 5.92 Å². The highest BCUT2D eigenvalue weighted by molar-refractivity contribution is 9.10. The third-order valence-electron chi connectivity index (χ3n) is 3.37. The molecule has 1 nitrogen and oxygen atoms in total. The minimum absolute atomic E-state index is 0.918. The molecule has 1 unspecified atom stereocenters. The van der Waals surface area contributed by atoms with Crippen LogP contribution in [0.2, 0.25) is 0 Å². The van der Waals surface area contributed by atoms with Crippen LogP contribution in [0.5, 0.6) is 0 Å². The first-order valence-electron chi connectivity index (χ1n) is 6.30. The maximum Gasteiger partial charge on any atom is 0.0177 e. The molecule has 0 aliphatic carbocycles. The number of nitrogens with one attached hydrogen (secondary N) is 1. The van der Waals surface area contributed by atoms with Crippen LogP contribution >= 0.6 is 15.9 Å². The van der Waals surface area contributed by atoms with Gasteiger partial charge in [0, 0.05) is 4.47 Å². The number of aryl methyl sites for hydroxylation is 1. The van der Waals surface area contributed by atoms with Crippen LogP contribution in [0.15, 0.2) is 28.7 Å². The quantitative estimate of drug-likeness (QED) is 0.886. The standard InChI is InChI=1S/C14H20BrN/c15-14-8-2-5-12(10-14)4-1-6-13-7-3-9-16-11-13/h2,5,8,10,13,16H,1,3-4,6-7,9,11H2. The summed E-state index contributed by atoms with van der Waals surface area (Å²) < 4.78 is 1.20. The molecule has 1 fully saturated rings. The van der Waals surface area contributed by atoms with Crippen LogP contribution in [0.25, 0.3) is 0 Å². The molecule has 88 valence electrons. The van der Waals surface area contributed by atoms with Gasteiger partial charge in [0.25, 0.3) is 0 Å². The lowest BCUT2D eigenvalue weighted by molar-refractivity contribution is 0.351. The van der Waals surface area contributed by atoms with E-state index >= 15 is 0 Å². The third-order valence-corrected chi connectivity index (χ3v) is 3.86. The van der Waals surface area contributed by atoms with Crippen molar-refractivity contribution in [2.45, 2.75) is 32.1 Å². The molecule has 1 aliphatic rings. The summed E-state index contributed by atoms with van der Waals surface area (Å²) in [6.45, 7) is 2.46. The van der Waals surface area contributed by atoms with E-state index in [0.29, 0.717) is 0 Å². The van der Waals surface area contributed by atoms with E-state index in [1.165, 1.54) is 55.2 Å². The second-order valence-corrected chi connectivity index (χ2v) is 5.65. The van der Waals surface area contributed by atoms with Crippen LogP contribution in [0.4, 0.5) is 0 Å². The van der Waals surface area contributed by atoms with Crippen molar-refractivity contribution >= 4 is 15.9 Å². The molecule has 0 spiro atoms. The topological polar surface area (TPSA) is 12.0 Å². The highest BCUT2D eigenvalue weighted by Gasteiger charge is 2.11. The molecule has 1 aliphatic heterocycles. The molecular formula is C14H20BrN. The monoisotopic (exact) mass is 281 g/mol. The van der Waals surface area contributed by atoms with Gasteiger partial charge >= 0.3 is 0 Å². The minimum atomic E-state index is 0.918. The molecule has 0 saturated carbocycles. The Morgan fingerprint density at radius 2 is 2.31 bits per heavy atom. The Kier molecular flexibility index (Phi) is 4.86. The lowest BCUT2D eigenvalue weighted by Gasteiger charge is -2.22. The fourth-order valence-corrected chi connectivity index (χ4v) is 2.90. The molecule has 1 aromatic carbocycles. The number of piperidine rings is 1. The molecule has 2 rings (SSSR count). The van der Waals surface area contributed by atoms with Gasteiger partial charge in [-0.05, 0) is 68.8 Å². The van der Waals surface area contributed by atoms with Crippen LogP contribution in [0, 0.1) is 5.92 Å². The minimum Gasteiger partial charge on any atom is -0.316 e. The molecule has 1 saturated heterocycles. The van der Waals surface area contributed by atoms with Gasteiger partial charge in [0.1, 0.15) is 0 Å². The van der Waals surface area contributed by atoms with E-state index in [1.54, 1.807) is 0 Å². The normalized spacial score (nSPS) is 20.9. The van der Waals surface area contributed by atoms with Gasteiger partial charge in [0.05, 0.1) is 0 Å². The molecule has 0 amide bonds. The molecule has 0 radical (unpaired) electrons. The lowest BCUT2D eigenvalue weighted by atomic mass is 9.93. The van der Waals surface area contributed by atoms with Crippen molar-refractivity contribution in [1.29, 1.82) is 0 Å². The summed E-state index contributed by atoms with van der Waals surface area (Å²) in [5.74, 6) is 0.918. The van der Waals surface area contributed by atoms with Crippen LogP contribution in [-0.2, 0) is 6.42 Å². The predicted octanol–water partition coefficient (Wildman–Crippen LogP) is 3.77. The maximum atomic E-state index is 3.52. The van der Waals surface area contributed by atoms with Crippen LogP contribution in [0.1, 0.15) is 31.2 Å². The van der Waals surface area contributed by atoms with E-state index in [2.05, 4.69) is 45.5 Å². The Labute approximate surface area is 107 Å². The summed E-state index contributed by atoms with van der Waals surface area (Å²) in [6.07, 6.45) is 6.70. The molecule has 1 atom stereocenters. The van der Waals surface area contributed by atoms with Gasteiger partial charge in [-0.2, -0.15) is 0 Å². The van der Waals surface area contributed by atoms with Crippen LogP contribution in [-0.4, -0.2) is 13.1 Å². The van der Waals surface area contributed by atoms with Gasteiger partial charge in [-0.1, -0.05) is 28.1 Å². The smallest absolute Gasteiger partial charge is 0.0177 e. The Hall–Kier alpha value is -0.340. The van der Waals surface area contributed by atoms with E-state index in [1.807, 2.05) is 0 Å². The van der Waals surface area contributed by atoms with Crippen LogP contribution in [0.3, 0.4) is 0 Å². The summed E-state index contributed by atoms with van der Waals surface area (Å²) in [6, 6.07) is 8.68. The highest BCUT2D eigenvalue weighted by atomic mass is 79.9. The summed E-state index contributed by atoms with van der Waals surface area (Å²) in [7, 11) is 0. The van der Waals surface area contributed by atoms with E-state index in [4.69, 9.17) is 0 Å². The van der Waals surface area contributed by atoms with E-state index in [-0.39, 0.29) is 0 Å². The Balaban J connectivity index is 1.71. The van der Waals surface area contributed by atoms with E-state index in [9.17, 15) is 0 Å². The van der Waals surface area contributed by atoms with Crippen molar-refractivity contribution in [2.24, 2.45) is 5.92 Å². The summed E-state index contributed by atoms with van der Waals surface area (Å²) in [4.78, 5) is 0. The van der Waals surface area contributed by atoms with Crippen molar-refractivity contribution in [2.75, 3.05) is 13.1 Å². The number of halogens is 1. The average Bonchev–Trinajstić information content (AvgIpc) is 2.30. The van der Waals surface area contributed by atoms with Crippen molar-refractivity contribution in [1.82, 2.24) is 5.32 Å². The number of hydrogen-bond donors (Lipinski definition) is 1. The molecule has 0 aromatic heterocycles.